The van der Waals surface area contributed by atoms with Crippen molar-refractivity contribution in [2.75, 3.05) is 0 Å². The summed E-state index contributed by atoms with van der Waals surface area (Å²) >= 11 is 10.7. The number of nitrogens with one attached hydrogen (secondary N) is 2. The summed E-state index contributed by atoms with van der Waals surface area (Å²) < 4.78 is 41.6. The maximum Gasteiger partial charge on any atom is 0.437 e. The first-order valence-electron chi connectivity index (χ1n) is 8.27. The molecule has 0 aromatic heterocycles. The monoisotopic (exact) mass is 428 g/mol. The van der Waals surface area contributed by atoms with E-state index in [4.69, 9.17) is 23.8 Å². The third-order valence-electron chi connectivity index (χ3n) is 4.65. The van der Waals surface area contributed by atoms with Crippen LogP contribution in [0, 0.1) is 12.8 Å². The normalized spacial score (nSPS) is 25.0. The quantitative estimate of drug-likeness (QED) is 0.511. The average molecular weight is 429 g/mol. The fourth-order valence-electron chi connectivity index (χ4n) is 3.18. The van der Waals surface area contributed by atoms with E-state index in [0.29, 0.717) is 10.6 Å². The number of Topliss-reactive ketones (excluding diaryl/α,β-unsaturated/α-hetero) is 1. The molecule has 0 saturated carbocycles. The van der Waals surface area contributed by atoms with Crippen molar-refractivity contribution in [2.45, 2.75) is 24.9 Å². The number of ketones is 1. The van der Waals surface area contributed by atoms with Crippen molar-refractivity contribution in [3.8, 4) is 0 Å². The zero-order valence-corrected chi connectivity index (χ0v) is 16.1. The third-order valence-corrected chi connectivity index (χ3v) is 5.13. The van der Waals surface area contributed by atoms with Gasteiger partial charge < -0.3 is 15.7 Å². The number of hydrogen-bond acceptors (Lipinski definition) is 3. The van der Waals surface area contributed by atoms with Gasteiger partial charge in [0.2, 0.25) is 5.72 Å². The van der Waals surface area contributed by atoms with Crippen LogP contribution in [0.25, 0.3) is 0 Å². The van der Waals surface area contributed by atoms with Crippen LogP contribution in [-0.2, 0) is 0 Å². The third kappa shape index (κ3) is 3.72. The van der Waals surface area contributed by atoms with Gasteiger partial charge in [0, 0.05) is 10.6 Å². The van der Waals surface area contributed by atoms with E-state index in [-0.39, 0.29) is 5.56 Å². The predicted octanol–water partition coefficient (Wildman–Crippen LogP) is 3.92. The fourth-order valence-corrected chi connectivity index (χ4v) is 3.59. The smallest absolute Gasteiger partial charge is 0.363 e. The molecule has 0 bridgehead atoms. The van der Waals surface area contributed by atoms with Crippen LogP contribution in [0.2, 0.25) is 5.02 Å². The van der Waals surface area contributed by atoms with Gasteiger partial charge in [-0.05, 0) is 36.8 Å². The molecule has 1 heterocycles. The van der Waals surface area contributed by atoms with Gasteiger partial charge in [-0.1, -0.05) is 53.6 Å². The van der Waals surface area contributed by atoms with Crippen LogP contribution in [0.5, 0.6) is 0 Å². The van der Waals surface area contributed by atoms with Gasteiger partial charge in [0.15, 0.2) is 10.9 Å². The Morgan fingerprint density at radius 2 is 1.71 bits per heavy atom. The first kappa shape index (κ1) is 20.6. The van der Waals surface area contributed by atoms with Gasteiger partial charge in [-0.3, -0.25) is 4.79 Å². The number of carbonyl (C=O) groups is 1. The molecular formula is C19H16ClF3N2O2S. The van der Waals surface area contributed by atoms with Crippen LogP contribution < -0.4 is 10.6 Å². The number of aliphatic hydroxyl groups is 1. The van der Waals surface area contributed by atoms with Crippen molar-refractivity contribution < 1.29 is 23.1 Å². The number of thiocarbonyl (C=S) groups is 1. The van der Waals surface area contributed by atoms with Gasteiger partial charge in [-0.2, -0.15) is 13.2 Å². The van der Waals surface area contributed by atoms with Gasteiger partial charge in [-0.25, -0.2) is 0 Å². The van der Waals surface area contributed by atoms with Gasteiger partial charge in [0.25, 0.3) is 0 Å². The van der Waals surface area contributed by atoms with Crippen molar-refractivity contribution in [3.63, 3.8) is 0 Å². The molecule has 1 aliphatic rings. The highest BCUT2D eigenvalue weighted by atomic mass is 35.5. The molecule has 3 atom stereocenters. The minimum atomic E-state index is -5.16. The van der Waals surface area contributed by atoms with Gasteiger partial charge >= 0.3 is 6.18 Å². The lowest BCUT2D eigenvalue weighted by Gasteiger charge is -2.46. The minimum absolute atomic E-state index is 0.0497. The molecule has 3 rings (SSSR count). The van der Waals surface area contributed by atoms with Gasteiger partial charge in [0.05, 0.1) is 6.04 Å². The predicted molar refractivity (Wildman–Crippen MR) is 103 cm³/mol. The summed E-state index contributed by atoms with van der Waals surface area (Å²) in [7, 11) is 0. The van der Waals surface area contributed by atoms with Crippen molar-refractivity contribution >= 4 is 34.7 Å². The van der Waals surface area contributed by atoms with Crippen LogP contribution in [0.4, 0.5) is 13.2 Å². The summed E-state index contributed by atoms with van der Waals surface area (Å²) in [5.41, 5.74) is -2.31. The number of halogens is 4. The van der Waals surface area contributed by atoms with Crippen LogP contribution in [0.3, 0.4) is 0 Å². The standard InChI is InChI=1S/C19H16ClF3N2O2S/c1-10-2-4-12(5-3-10)16(26)14-15(11-6-8-13(20)9-7-11)24-17(28)25-18(14,27)19(21,22)23/h2-9,14-15,27H,1H3,(H2,24,25,28). The molecule has 3 unspecified atom stereocenters. The fraction of sp³-hybridized carbons (Fsp3) is 0.263. The van der Waals surface area contributed by atoms with Crippen molar-refractivity contribution in [3.05, 3.63) is 70.2 Å². The van der Waals surface area contributed by atoms with E-state index in [1.165, 1.54) is 36.4 Å². The van der Waals surface area contributed by atoms with E-state index in [0.717, 1.165) is 5.56 Å². The van der Waals surface area contributed by atoms with E-state index >= 15 is 0 Å². The Hall–Kier alpha value is -2.16. The molecule has 2 aromatic carbocycles. The number of benzene rings is 2. The second-order valence-electron chi connectivity index (χ2n) is 6.60. The minimum Gasteiger partial charge on any atom is -0.363 e. The maximum absolute atomic E-state index is 13.9. The summed E-state index contributed by atoms with van der Waals surface area (Å²) in [6.07, 6.45) is -5.16. The van der Waals surface area contributed by atoms with E-state index in [1.807, 2.05) is 5.32 Å². The molecule has 0 radical (unpaired) electrons. The summed E-state index contributed by atoms with van der Waals surface area (Å²) in [5.74, 6) is -2.80. The van der Waals surface area contributed by atoms with Crippen LogP contribution >= 0.6 is 23.8 Å². The molecule has 1 fully saturated rings. The lowest BCUT2D eigenvalue weighted by Crippen LogP contribution is -2.72. The summed E-state index contributed by atoms with van der Waals surface area (Å²) in [6, 6.07) is 10.8. The average Bonchev–Trinajstić information content (AvgIpc) is 2.61. The SMILES string of the molecule is Cc1ccc(C(=O)C2C(c3ccc(Cl)cc3)NC(=S)NC2(O)C(F)(F)F)cc1. The molecule has 28 heavy (non-hydrogen) atoms. The molecule has 2 aromatic rings. The number of aryl methyl sites for hydroxylation is 1. The Morgan fingerprint density at radius 1 is 1.14 bits per heavy atom. The number of hydrogen-bond donors (Lipinski definition) is 3. The zero-order valence-electron chi connectivity index (χ0n) is 14.5. The molecule has 0 aliphatic carbocycles. The molecule has 0 spiro atoms. The molecule has 0 amide bonds. The zero-order chi connectivity index (χ0) is 20.7. The highest BCUT2D eigenvalue weighted by molar-refractivity contribution is 7.80. The lowest BCUT2D eigenvalue weighted by molar-refractivity contribution is -0.285. The van der Waals surface area contributed by atoms with Crippen LogP contribution in [0.15, 0.2) is 48.5 Å². The van der Waals surface area contributed by atoms with E-state index in [2.05, 4.69) is 5.32 Å². The highest BCUT2D eigenvalue weighted by Crippen LogP contribution is 2.44. The Labute approximate surface area is 169 Å². The Kier molecular flexibility index (Phi) is 5.40. The molecule has 1 saturated heterocycles. The molecule has 3 N–H and O–H groups in total. The summed E-state index contributed by atoms with van der Waals surface area (Å²) in [4.78, 5) is 13.1. The summed E-state index contributed by atoms with van der Waals surface area (Å²) in [6.45, 7) is 1.79. The largest absolute Gasteiger partial charge is 0.437 e. The van der Waals surface area contributed by atoms with E-state index in [9.17, 15) is 23.1 Å². The van der Waals surface area contributed by atoms with Crippen molar-refractivity contribution in [1.29, 1.82) is 0 Å². The van der Waals surface area contributed by atoms with Crippen molar-refractivity contribution in [1.82, 2.24) is 10.6 Å². The molecule has 1 aliphatic heterocycles. The van der Waals surface area contributed by atoms with Crippen molar-refractivity contribution in [2.24, 2.45) is 5.92 Å². The lowest BCUT2D eigenvalue weighted by atomic mass is 9.77. The number of rotatable bonds is 3. The summed E-state index contributed by atoms with van der Waals surface area (Å²) in [5, 5.41) is 15.1. The highest BCUT2D eigenvalue weighted by Gasteiger charge is 2.65. The van der Waals surface area contributed by atoms with Crippen LogP contribution in [-0.4, -0.2) is 27.9 Å². The topological polar surface area (TPSA) is 61.4 Å². The molecular weight excluding hydrogens is 413 g/mol. The molecule has 148 valence electrons. The molecule has 9 heteroatoms. The molecule has 4 nitrogen and oxygen atoms in total. The van der Waals surface area contributed by atoms with Crippen LogP contribution in [0.1, 0.15) is 27.5 Å². The number of alkyl halides is 3. The Morgan fingerprint density at radius 3 is 2.25 bits per heavy atom. The van der Waals surface area contributed by atoms with E-state index in [1.54, 1.807) is 19.1 Å². The van der Waals surface area contributed by atoms with Gasteiger partial charge in [-0.15, -0.1) is 0 Å². The first-order chi connectivity index (χ1) is 13.0. The Balaban J connectivity index is 2.15. The second kappa shape index (κ2) is 7.35. The second-order valence-corrected chi connectivity index (χ2v) is 7.44. The maximum atomic E-state index is 13.9. The first-order valence-corrected chi connectivity index (χ1v) is 9.05. The van der Waals surface area contributed by atoms with Gasteiger partial charge in [0.1, 0.15) is 5.92 Å². The van der Waals surface area contributed by atoms with E-state index < -0.39 is 34.8 Å². The Bertz CT molecular complexity index is 903. The number of carbonyl (C=O) groups excluding carboxylic acids is 1.